The van der Waals surface area contributed by atoms with Gasteiger partial charge in [0, 0.05) is 4.88 Å². The van der Waals surface area contributed by atoms with Crippen LogP contribution in [0, 0.1) is 29.6 Å². The fourth-order valence-electron chi connectivity index (χ4n) is 6.01. The van der Waals surface area contributed by atoms with Gasteiger partial charge in [-0.15, -0.1) is 11.3 Å². The van der Waals surface area contributed by atoms with Gasteiger partial charge < -0.3 is 5.73 Å². The molecular weight excluding hydrogens is 348 g/mol. The number of hydrogen-bond donors (Lipinski definition) is 1. The summed E-state index contributed by atoms with van der Waals surface area (Å²) in [5.74, 6) is 0.308. The molecule has 2 bridgehead atoms. The predicted octanol–water partition coefficient (Wildman–Crippen LogP) is 2.90. The van der Waals surface area contributed by atoms with Crippen LogP contribution in [0.5, 0.6) is 0 Å². The lowest BCUT2D eigenvalue weighted by atomic mass is 9.81. The monoisotopic (exact) mass is 372 g/mol. The molecule has 0 unspecified atom stereocenters. The van der Waals surface area contributed by atoms with Crippen LogP contribution in [0.15, 0.2) is 0 Å². The molecule has 5 nitrogen and oxygen atoms in total. The van der Waals surface area contributed by atoms with Crippen molar-refractivity contribution < 1.29 is 14.4 Å². The fraction of sp³-hybridized carbons (Fsp3) is 0.650. The largest absolute Gasteiger partial charge is 0.365 e. The normalized spacial score (nSPS) is 35.1. The minimum Gasteiger partial charge on any atom is -0.365 e. The highest BCUT2D eigenvalue weighted by molar-refractivity contribution is 7.17. The summed E-state index contributed by atoms with van der Waals surface area (Å²) in [5, 5.41) is 0.517. The molecule has 0 aromatic carbocycles. The SMILES string of the molecule is CC[C@@H]1CCc2c(sc(N3C(=O)[C@@H]4[C@H]5CC[C@@H](C5)[C@H]4C3=O)c2C(N)=O)C1. The average molecular weight is 372 g/mol. The van der Waals surface area contributed by atoms with Crippen LogP contribution >= 0.6 is 11.3 Å². The molecule has 3 fully saturated rings. The lowest BCUT2D eigenvalue weighted by Crippen LogP contribution is -2.33. The molecule has 1 saturated heterocycles. The highest BCUT2D eigenvalue weighted by Crippen LogP contribution is 2.57. The molecule has 4 aliphatic rings. The minimum atomic E-state index is -0.506. The lowest BCUT2D eigenvalue weighted by molar-refractivity contribution is -0.123. The quantitative estimate of drug-likeness (QED) is 0.829. The van der Waals surface area contributed by atoms with Gasteiger partial charge in [0.15, 0.2) is 0 Å². The maximum Gasteiger partial charge on any atom is 0.252 e. The second-order valence-corrected chi connectivity index (χ2v) is 9.55. The molecule has 2 N–H and O–H groups in total. The molecular formula is C20H24N2O3S. The van der Waals surface area contributed by atoms with Gasteiger partial charge in [-0.25, -0.2) is 4.90 Å². The topological polar surface area (TPSA) is 80.5 Å². The van der Waals surface area contributed by atoms with Crippen molar-refractivity contribution in [1.29, 1.82) is 0 Å². The second-order valence-electron chi connectivity index (χ2n) is 8.46. The number of rotatable bonds is 3. The van der Waals surface area contributed by atoms with Crippen molar-refractivity contribution in [3.8, 4) is 0 Å². The van der Waals surface area contributed by atoms with Crippen LogP contribution in [0.25, 0.3) is 0 Å². The van der Waals surface area contributed by atoms with Gasteiger partial charge in [-0.2, -0.15) is 0 Å². The zero-order valence-electron chi connectivity index (χ0n) is 15.0. The van der Waals surface area contributed by atoms with E-state index in [9.17, 15) is 14.4 Å². The third-order valence-corrected chi connectivity index (χ3v) is 8.54. The number of hydrogen-bond acceptors (Lipinski definition) is 4. The molecule has 6 heteroatoms. The number of amides is 3. The number of imide groups is 1. The van der Waals surface area contributed by atoms with Crippen molar-refractivity contribution >= 4 is 34.1 Å². The first kappa shape index (κ1) is 16.5. The number of anilines is 1. The number of nitrogens with zero attached hydrogens (tertiary/aromatic N) is 1. The molecule has 0 radical (unpaired) electrons. The number of primary amides is 1. The van der Waals surface area contributed by atoms with Crippen molar-refractivity contribution in [3.63, 3.8) is 0 Å². The highest BCUT2D eigenvalue weighted by atomic mass is 32.1. The zero-order chi connectivity index (χ0) is 18.2. The maximum atomic E-state index is 13.2. The number of thiophene rings is 1. The van der Waals surface area contributed by atoms with Crippen molar-refractivity contribution in [3.05, 3.63) is 16.0 Å². The Morgan fingerprint density at radius 3 is 2.38 bits per heavy atom. The molecule has 1 aromatic heterocycles. The number of carbonyl (C=O) groups excluding carboxylic acids is 3. The van der Waals surface area contributed by atoms with Crippen molar-refractivity contribution in [1.82, 2.24) is 0 Å². The Morgan fingerprint density at radius 2 is 1.81 bits per heavy atom. The Morgan fingerprint density at radius 1 is 1.15 bits per heavy atom. The average Bonchev–Trinajstić information content (AvgIpc) is 3.35. The summed E-state index contributed by atoms with van der Waals surface area (Å²) in [4.78, 5) is 41.1. The standard InChI is InChI=1S/C20H24N2O3S/c1-2-9-3-6-12-13(7-9)26-20(16(12)17(21)23)22-18(24)14-10-4-5-11(8-10)15(14)19(22)25/h9-11,14-15H,2-8H2,1H3,(H2,21,23)/t9-,10+,11+,14-,15-/m1/s1. The van der Waals surface area contributed by atoms with Gasteiger partial charge >= 0.3 is 0 Å². The second kappa shape index (κ2) is 5.65. The molecule has 138 valence electrons. The lowest BCUT2D eigenvalue weighted by Gasteiger charge is -2.20. The zero-order valence-corrected chi connectivity index (χ0v) is 15.8. The van der Waals surface area contributed by atoms with E-state index in [1.165, 1.54) is 16.2 Å². The van der Waals surface area contributed by atoms with E-state index >= 15 is 0 Å². The molecule has 2 saturated carbocycles. The van der Waals surface area contributed by atoms with Gasteiger partial charge in [-0.3, -0.25) is 14.4 Å². The molecule has 5 rings (SSSR count). The van der Waals surface area contributed by atoms with Crippen LogP contribution in [-0.4, -0.2) is 17.7 Å². The van der Waals surface area contributed by atoms with Gasteiger partial charge in [-0.05, 0) is 61.8 Å². The summed E-state index contributed by atoms with van der Waals surface area (Å²) in [6.07, 6.45) is 7.01. The van der Waals surface area contributed by atoms with E-state index in [1.807, 2.05) is 0 Å². The van der Waals surface area contributed by atoms with Gasteiger partial charge in [0.25, 0.3) is 5.91 Å². The van der Waals surface area contributed by atoms with Crippen LogP contribution < -0.4 is 10.6 Å². The molecule has 3 aliphatic carbocycles. The first-order valence-corrected chi connectivity index (χ1v) is 10.6. The van der Waals surface area contributed by atoms with Crippen LogP contribution in [0.2, 0.25) is 0 Å². The molecule has 3 amide bonds. The first-order chi connectivity index (χ1) is 12.5. The van der Waals surface area contributed by atoms with Crippen LogP contribution in [0.1, 0.15) is 59.8 Å². The van der Waals surface area contributed by atoms with Crippen molar-refractivity contribution in [2.45, 2.75) is 51.9 Å². The van der Waals surface area contributed by atoms with Crippen LogP contribution in [0.4, 0.5) is 5.00 Å². The molecule has 5 atom stereocenters. The summed E-state index contributed by atoms with van der Waals surface area (Å²) in [5.41, 5.74) is 7.14. The van der Waals surface area contributed by atoms with Crippen molar-refractivity contribution in [2.75, 3.05) is 4.90 Å². The van der Waals surface area contributed by atoms with Crippen molar-refractivity contribution in [2.24, 2.45) is 35.3 Å². The summed E-state index contributed by atoms with van der Waals surface area (Å²) < 4.78 is 0. The number of fused-ring (bicyclic) bond motifs is 6. The van der Waals surface area contributed by atoms with Gasteiger partial charge in [0.2, 0.25) is 11.8 Å². The number of carbonyl (C=O) groups is 3. The summed E-state index contributed by atoms with van der Waals surface area (Å²) >= 11 is 1.46. The van der Waals surface area contributed by atoms with Gasteiger partial charge in [0.1, 0.15) is 5.00 Å². The Balaban J connectivity index is 1.58. The van der Waals surface area contributed by atoms with Crippen LogP contribution in [0.3, 0.4) is 0 Å². The highest BCUT2D eigenvalue weighted by Gasteiger charge is 2.61. The predicted molar refractivity (Wildman–Crippen MR) is 98.9 cm³/mol. The van der Waals surface area contributed by atoms with Gasteiger partial charge in [0.05, 0.1) is 17.4 Å². The Kier molecular flexibility index (Phi) is 3.58. The van der Waals surface area contributed by atoms with E-state index in [1.54, 1.807) is 0 Å². The minimum absolute atomic E-state index is 0.0830. The molecule has 26 heavy (non-hydrogen) atoms. The Bertz CT molecular complexity index is 801. The third-order valence-electron chi connectivity index (χ3n) is 7.30. The molecule has 0 spiro atoms. The first-order valence-electron chi connectivity index (χ1n) is 9.83. The maximum absolute atomic E-state index is 13.2. The summed E-state index contributed by atoms with van der Waals surface area (Å²) in [6.45, 7) is 2.18. The van der Waals surface area contributed by atoms with Gasteiger partial charge in [-0.1, -0.05) is 13.3 Å². The Hall–Kier alpha value is -1.69. The summed E-state index contributed by atoms with van der Waals surface area (Å²) in [7, 11) is 0. The van der Waals surface area contributed by atoms with E-state index in [2.05, 4.69) is 6.92 Å². The fourth-order valence-corrected chi connectivity index (χ4v) is 7.49. The summed E-state index contributed by atoms with van der Waals surface area (Å²) in [6, 6.07) is 0. The number of nitrogens with two attached hydrogens (primary N) is 1. The molecule has 1 aliphatic heterocycles. The molecule has 2 heterocycles. The third kappa shape index (κ3) is 2.05. The van der Waals surface area contributed by atoms with E-state index in [0.29, 0.717) is 28.3 Å². The van der Waals surface area contributed by atoms with E-state index < -0.39 is 5.91 Å². The van der Waals surface area contributed by atoms with E-state index in [4.69, 9.17) is 5.73 Å². The van der Waals surface area contributed by atoms with E-state index in [-0.39, 0.29) is 23.7 Å². The Labute approximate surface area is 156 Å². The smallest absolute Gasteiger partial charge is 0.252 e. The van der Waals surface area contributed by atoms with E-state index in [0.717, 1.165) is 55.4 Å². The molecule has 1 aromatic rings. The van der Waals surface area contributed by atoms with Crippen LogP contribution in [-0.2, 0) is 22.4 Å².